The predicted octanol–water partition coefficient (Wildman–Crippen LogP) is 0.128. The minimum Gasteiger partial charge on any atom is -0.324 e. The maximum Gasteiger partial charge on any atom is 0.150 e. The van der Waals surface area contributed by atoms with Crippen molar-refractivity contribution in [2.45, 2.75) is 13.3 Å². The third-order valence-corrected chi connectivity index (χ3v) is 0.633. The van der Waals surface area contributed by atoms with Gasteiger partial charge in [0, 0.05) is 6.42 Å². The van der Waals surface area contributed by atoms with Crippen molar-refractivity contribution in [2.75, 3.05) is 6.54 Å². The molecular weight excluding hydrogens is 90.1 g/mol. The molecule has 0 spiro atoms. The predicted molar refractivity (Wildman–Crippen MR) is 28.7 cm³/mol. The molecule has 0 rings (SSSR count). The van der Waals surface area contributed by atoms with Crippen molar-refractivity contribution in [3.63, 3.8) is 0 Å². The van der Waals surface area contributed by atoms with E-state index in [0.717, 1.165) is 6.42 Å². The lowest BCUT2D eigenvalue weighted by molar-refractivity contribution is -0.114. The van der Waals surface area contributed by atoms with Crippen molar-refractivity contribution in [3.05, 3.63) is 6.42 Å². The van der Waals surface area contributed by atoms with Crippen molar-refractivity contribution >= 4 is 5.78 Å². The van der Waals surface area contributed by atoms with E-state index in [-0.39, 0.29) is 12.3 Å². The lowest BCUT2D eigenvalue weighted by Crippen LogP contribution is -2.12. The summed E-state index contributed by atoms with van der Waals surface area (Å²) in [6.07, 6.45) is 2.37. The molecule has 0 aliphatic carbocycles. The van der Waals surface area contributed by atoms with Gasteiger partial charge in [-0.2, -0.15) is 0 Å². The largest absolute Gasteiger partial charge is 0.324 e. The van der Waals surface area contributed by atoms with Crippen LogP contribution in [0.4, 0.5) is 0 Å². The standard InChI is InChI=1S/C5H10NO/c1-2-3-5(7)4-6/h3H,2,4,6H2,1H3. The van der Waals surface area contributed by atoms with Gasteiger partial charge in [-0.3, -0.25) is 4.79 Å². The van der Waals surface area contributed by atoms with Gasteiger partial charge >= 0.3 is 0 Å². The molecule has 2 nitrogen and oxygen atoms in total. The monoisotopic (exact) mass is 100 g/mol. The summed E-state index contributed by atoms with van der Waals surface area (Å²) in [4.78, 5) is 10.2. The Morgan fingerprint density at radius 2 is 2.43 bits per heavy atom. The van der Waals surface area contributed by atoms with Gasteiger partial charge in [0.05, 0.1) is 6.54 Å². The first kappa shape index (κ1) is 6.63. The van der Waals surface area contributed by atoms with Gasteiger partial charge in [-0.05, 0) is 6.42 Å². The zero-order chi connectivity index (χ0) is 5.70. The number of ketones is 1. The maximum absolute atomic E-state index is 10.2. The summed E-state index contributed by atoms with van der Waals surface area (Å²) in [7, 11) is 0. The van der Waals surface area contributed by atoms with Crippen LogP contribution in [0.2, 0.25) is 0 Å². The lowest BCUT2D eigenvalue weighted by atomic mass is 10.2. The van der Waals surface area contributed by atoms with E-state index in [2.05, 4.69) is 0 Å². The number of nitrogens with two attached hydrogens (primary N) is 1. The summed E-state index contributed by atoms with van der Waals surface area (Å²) in [6.45, 7) is 2.06. The first-order valence-electron chi connectivity index (χ1n) is 2.37. The molecule has 41 valence electrons. The molecule has 0 saturated heterocycles. The second-order valence-corrected chi connectivity index (χ2v) is 1.28. The van der Waals surface area contributed by atoms with E-state index in [9.17, 15) is 4.79 Å². The smallest absolute Gasteiger partial charge is 0.150 e. The summed E-state index contributed by atoms with van der Waals surface area (Å²) >= 11 is 0. The van der Waals surface area contributed by atoms with Crippen molar-refractivity contribution in [2.24, 2.45) is 5.73 Å². The van der Waals surface area contributed by atoms with E-state index in [0.29, 0.717) is 0 Å². The lowest BCUT2D eigenvalue weighted by Gasteiger charge is -1.86. The maximum atomic E-state index is 10.2. The summed E-state index contributed by atoms with van der Waals surface area (Å²) in [5.41, 5.74) is 4.98. The van der Waals surface area contributed by atoms with Crippen LogP contribution >= 0.6 is 0 Å². The highest BCUT2D eigenvalue weighted by Crippen LogP contribution is 1.82. The molecule has 0 aromatic rings. The molecule has 0 heterocycles. The number of rotatable bonds is 3. The minimum absolute atomic E-state index is 0.0301. The third kappa shape index (κ3) is 3.46. The Bertz CT molecular complexity index is 61.1. The van der Waals surface area contributed by atoms with Crippen LogP contribution in [0.1, 0.15) is 13.3 Å². The van der Waals surface area contributed by atoms with Crippen LogP contribution in [0.15, 0.2) is 0 Å². The number of hydrogen-bond donors (Lipinski definition) is 1. The Morgan fingerprint density at radius 1 is 1.86 bits per heavy atom. The van der Waals surface area contributed by atoms with Crippen molar-refractivity contribution in [3.8, 4) is 0 Å². The van der Waals surface area contributed by atoms with Gasteiger partial charge < -0.3 is 5.73 Å². The van der Waals surface area contributed by atoms with Gasteiger partial charge in [-0.25, -0.2) is 0 Å². The Hall–Kier alpha value is -0.370. The molecule has 0 unspecified atom stereocenters. The quantitative estimate of drug-likeness (QED) is 0.547. The first-order chi connectivity index (χ1) is 3.31. The molecule has 0 aromatic carbocycles. The summed E-state index contributed by atoms with van der Waals surface area (Å²) in [5, 5.41) is 0. The molecule has 7 heavy (non-hydrogen) atoms. The second-order valence-electron chi connectivity index (χ2n) is 1.28. The van der Waals surface area contributed by atoms with Crippen molar-refractivity contribution in [1.29, 1.82) is 0 Å². The Balaban J connectivity index is 3.00. The van der Waals surface area contributed by atoms with Crippen LogP contribution in [0.3, 0.4) is 0 Å². The van der Waals surface area contributed by atoms with Crippen LogP contribution < -0.4 is 5.73 Å². The molecule has 0 saturated carbocycles. The Labute approximate surface area is 43.7 Å². The molecule has 0 atom stereocenters. The number of Topliss-reactive ketones (excluding diaryl/α,β-unsaturated/α-hetero) is 1. The fraction of sp³-hybridized carbons (Fsp3) is 0.600. The minimum atomic E-state index is 0.0301. The van der Waals surface area contributed by atoms with Gasteiger partial charge in [0.25, 0.3) is 0 Å². The molecular formula is C5H10NO. The summed E-state index contributed by atoms with van der Waals surface area (Å²) < 4.78 is 0. The number of carbonyl (C=O) groups excluding carboxylic acids is 1. The highest BCUT2D eigenvalue weighted by molar-refractivity contribution is 5.88. The first-order valence-corrected chi connectivity index (χ1v) is 2.37. The summed E-state index contributed by atoms with van der Waals surface area (Å²) in [6, 6.07) is 0. The van der Waals surface area contributed by atoms with E-state index in [4.69, 9.17) is 5.73 Å². The SMILES string of the molecule is CC[CH]C(=O)CN. The molecule has 2 heteroatoms. The van der Waals surface area contributed by atoms with E-state index in [1.807, 2.05) is 6.92 Å². The van der Waals surface area contributed by atoms with Crippen LogP contribution in [0.5, 0.6) is 0 Å². The van der Waals surface area contributed by atoms with Crippen LogP contribution in [0.25, 0.3) is 0 Å². The molecule has 0 fully saturated rings. The molecule has 0 aliphatic rings. The van der Waals surface area contributed by atoms with Gasteiger partial charge in [0.1, 0.15) is 5.78 Å². The van der Waals surface area contributed by atoms with Gasteiger partial charge in [0.15, 0.2) is 0 Å². The van der Waals surface area contributed by atoms with Crippen molar-refractivity contribution in [1.82, 2.24) is 0 Å². The van der Waals surface area contributed by atoms with E-state index < -0.39 is 0 Å². The number of hydrogen-bond acceptors (Lipinski definition) is 2. The average Bonchev–Trinajstić information content (AvgIpc) is 1.68. The Kier molecular flexibility index (Phi) is 3.61. The topological polar surface area (TPSA) is 43.1 Å². The molecule has 0 aliphatic heterocycles. The zero-order valence-electron chi connectivity index (χ0n) is 4.48. The third-order valence-electron chi connectivity index (χ3n) is 0.633. The van der Waals surface area contributed by atoms with E-state index in [1.165, 1.54) is 0 Å². The summed E-state index contributed by atoms with van der Waals surface area (Å²) in [5.74, 6) is 0.0301. The van der Waals surface area contributed by atoms with Gasteiger partial charge in [-0.15, -0.1) is 0 Å². The van der Waals surface area contributed by atoms with E-state index in [1.54, 1.807) is 6.42 Å². The molecule has 0 amide bonds. The van der Waals surface area contributed by atoms with Crippen LogP contribution in [-0.4, -0.2) is 12.3 Å². The molecule has 0 bridgehead atoms. The molecule has 1 radical (unpaired) electrons. The second kappa shape index (κ2) is 3.81. The van der Waals surface area contributed by atoms with Crippen LogP contribution in [-0.2, 0) is 4.79 Å². The fourth-order valence-electron chi connectivity index (χ4n) is 0.311. The van der Waals surface area contributed by atoms with Gasteiger partial charge in [0.2, 0.25) is 0 Å². The van der Waals surface area contributed by atoms with Crippen LogP contribution in [0, 0.1) is 6.42 Å². The van der Waals surface area contributed by atoms with Gasteiger partial charge in [-0.1, -0.05) is 6.92 Å². The van der Waals surface area contributed by atoms with E-state index >= 15 is 0 Å². The Morgan fingerprint density at radius 3 is 2.57 bits per heavy atom. The highest BCUT2D eigenvalue weighted by atomic mass is 16.1. The van der Waals surface area contributed by atoms with Crippen molar-refractivity contribution < 1.29 is 4.79 Å². The number of carbonyl (C=O) groups is 1. The molecule has 2 N–H and O–H groups in total. The molecule has 0 aromatic heterocycles. The highest BCUT2D eigenvalue weighted by Gasteiger charge is 1.92. The fourth-order valence-corrected chi connectivity index (χ4v) is 0.311. The average molecular weight is 100 g/mol. The zero-order valence-corrected chi connectivity index (χ0v) is 4.48. The normalized spacial score (nSPS) is 8.86.